The molecule has 0 amide bonds. The Morgan fingerprint density at radius 1 is 1.14 bits per heavy atom. The zero-order chi connectivity index (χ0) is 14.7. The third kappa shape index (κ3) is 2.68. The molecule has 1 unspecified atom stereocenters. The summed E-state index contributed by atoms with van der Waals surface area (Å²) in [6.07, 6.45) is 2.36. The molecule has 0 aromatic heterocycles. The van der Waals surface area contributed by atoms with Gasteiger partial charge < -0.3 is 15.4 Å². The summed E-state index contributed by atoms with van der Waals surface area (Å²) in [5.74, 6) is 0.786. The lowest BCUT2D eigenvalue weighted by atomic mass is 10.0. The van der Waals surface area contributed by atoms with Crippen molar-refractivity contribution in [3.63, 3.8) is 0 Å². The Hall–Kier alpha value is -2.16. The molecule has 3 rings (SSSR count). The van der Waals surface area contributed by atoms with Gasteiger partial charge in [-0.2, -0.15) is 0 Å². The number of hydrogen-bond acceptors (Lipinski definition) is 3. The van der Waals surface area contributed by atoms with Crippen LogP contribution in [0.15, 0.2) is 48.5 Å². The van der Waals surface area contributed by atoms with Gasteiger partial charge in [0.2, 0.25) is 0 Å². The first-order valence-corrected chi connectivity index (χ1v) is 7.64. The van der Waals surface area contributed by atoms with E-state index in [1.807, 2.05) is 19.1 Å². The van der Waals surface area contributed by atoms with Crippen LogP contribution in [0.25, 0.3) is 0 Å². The zero-order valence-electron chi connectivity index (χ0n) is 12.5. The molecule has 1 fully saturated rings. The van der Waals surface area contributed by atoms with Gasteiger partial charge in [-0.3, -0.25) is 0 Å². The van der Waals surface area contributed by atoms with E-state index >= 15 is 0 Å². The molecule has 2 N–H and O–H groups in total. The van der Waals surface area contributed by atoms with Gasteiger partial charge in [-0.25, -0.2) is 0 Å². The number of nitrogen functional groups attached to an aromatic ring is 1. The Bertz CT molecular complexity index is 597. The van der Waals surface area contributed by atoms with Gasteiger partial charge in [0.05, 0.1) is 24.0 Å². The molecule has 21 heavy (non-hydrogen) atoms. The first-order chi connectivity index (χ1) is 10.3. The number of rotatable bonds is 4. The number of para-hydroxylation sites is 1. The second-order valence-electron chi connectivity index (χ2n) is 5.38. The van der Waals surface area contributed by atoms with Crippen LogP contribution in [0.4, 0.5) is 11.4 Å². The fraction of sp³-hybridized carbons (Fsp3) is 0.333. The fourth-order valence-electron chi connectivity index (χ4n) is 3.14. The second kappa shape index (κ2) is 6.08. The average molecular weight is 282 g/mol. The molecule has 3 nitrogen and oxygen atoms in total. The van der Waals surface area contributed by atoms with Crippen molar-refractivity contribution in [2.24, 2.45) is 0 Å². The summed E-state index contributed by atoms with van der Waals surface area (Å²) in [6, 6.07) is 17.1. The average Bonchev–Trinajstić information content (AvgIpc) is 3.00. The van der Waals surface area contributed by atoms with Crippen LogP contribution < -0.4 is 15.4 Å². The maximum Gasteiger partial charge on any atom is 0.144 e. The van der Waals surface area contributed by atoms with Crippen LogP contribution in [-0.4, -0.2) is 13.2 Å². The maximum atomic E-state index is 6.32. The molecule has 2 aromatic carbocycles. The van der Waals surface area contributed by atoms with Crippen molar-refractivity contribution in [2.75, 3.05) is 23.8 Å². The summed E-state index contributed by atoms with van der Waals surface area (Å²) >= 11 is 0. The smallest absolute Gasteiger partial charge is 0.144 e. The standard InChI is InChI=1S/C18H22N2O/c1-2-21-17-12-6-10-16(18(17)19)20-13-7-11-15(20)14-8-4-3-5-9-14/h3-6,8-10,12,15H,2,7,11,13,19H2,1H3. The van der Waals surface area contributed by atoms with E-state index < -0.39 is 0 Å². The Kier molecular flexibility index (Phi) is 4.00. The Morgan fingerprint density at radius 2 is 1.95 bits per heavy atom. The van der Waals surface area contributed by atoms with Gasteiger partial charge in [0.25, 0.3) is 0 Å². The Morgan fingerprint density at radius 3 is 2.71 bits per heavy atom. The van der Waals surface area contributed by atoms with Crippen molar-refractivity contribution in [3.8, 4) is 5.75 Å². The summed E-state index contributed by atoms with van der Waals surface area (Å²) < 4.78 is 5.63. The van der Waals surface area contributed by atoms with Crippen molar-refractivity contribution in [3.05, 3.63) is 54.1 Å². The van der Waals surface area contributed by atoms with Crippen LogP contribution in [0.3, 0.4) is 0 Å². The molecule has 0 saturated carbocycles. The summed E-state index contributed by atoms with van der Waals surface area (Å²) in [7, 11) is 0. The lowest BCUT2D eigenvalue weighted by Crippen LogP contribution is -2.23. The van der Waals surface area contributed by atoms with Gasteiger partial charge in [-0.1, -0.05) is 36.4 Å². The highest BCUT2D eigenvalue weighted by Crippen LogP contribution is 2.41. The molecule has 1 atom stereocenters. The predicted molar refractivity (Wildman–Crippen MR) is 87.8 cm³/mol. The number of ether oxygens (including phenoxy) is 1. The normalized spacial score (nSPS) is 18.0. The van der Waals surface area contributed by atoms with Crippen molar-refractivity contribution in [2.45, 2.75) is 25.8 Å². The molecule has 0 aliphatic carbocycles. The maximum absolute atomic E-state index is 6.32. The number of nitrogens with zero attached hydrogens (tertiary/aromatic N) is 1. The quantitative estimate of drug-likeness (QED) is 0.861. The van der Waals surface area contributed by atoms with Crippen LogP contribution in [0, 0.1) is 0 Å². The molecule has 0 radical (unpaired) electrons. The number of nitrogens with two attached hydrogens (primary N) is 1. The van der Waals surface area contributed by atoms with Crippen molar-refractivity contribution >= 4 is 11.4 Å². The van der Waals surface area contributed by atoms with E-state index in [2.05, 4.69) is 41.3 Å². The lowest BCUT2D eigenvalue weighted by molar-refractivity contribution is 0.342. The van der Waals surface area contributed by atoms with Crippen LogP contribution in [0.1, 0.15) is 31.4 Å². The van der Waals surface area contributed by atoms with Crippen molar-refractivity contribution < 1.29 is 4.74 Å². The van der Waals surface area contributed by atoms with E-state index in [9.17, 15) is 0 Å². The highest BCUT2D eigenvalue weighted by Gasteiger charge is 2.27. The Balaban J connectivity index is 1.94. The van der Waals surface area contributed by atoms with E-state index in [1.165, 1.54) is 18.4 Å². The number of hydrogen-bond donors (Lipinski definition) is 1. The van der Waals surface area contributed by atoms with Gasteiger partial charge in [-0.05, 0) is 37.5 Å². The van der Waals surface area contributed by atoms with E-state index in [0.717, 1.165) is 23.7 Å². The summed E-state index contributed by atoms with van der Waals surface area (Å²) in [5, 5.41) is 0. The minimum absolute atomic E-state index is 0.408. The third-order valence-corrected chi connectivity index (χ3v) is 4.09. The fourth-order valence-corrected chi connectivity index (χ4v) is 3.14. The topological polar surface area (TPSA) is 38.5 Å². The zero-order valence-corrected chi connectivity index (χ0v) is 12.5. The van der Waals surface area contributed by atoms with Gasteiger partial charge >= 0.3 is 0 Å². The Labute approximate surface area is 126 Å². The molecular formula is C18H22N2O. The highest BCUT2D eigenvalue weighted by molar-refractivity contribution is 5.75. The van der Waals surface area contributed by atoms with Gasteiger partial charge in [0.15, 0.2) is 0 Å². The SMILES string of the molecule is CCOc1cccc(N2CCCC2c2ccccc2)c1N. The molecule has 1 saturated heterocycles. The highest BCUT2D eigenvalue weighted by atomic mass is 16.5. The molecule has 0 bridgehead atoms. The van der Waals surface area contributed by atoms with Crippen LogP contribution >= 0.6 is 0 Å². The van der Waals surface area contributed by atoms with Gasteiger partial charge in [-0.15, -0.1) is 0 Å². The van der Waals surface area contributed by atoms with Crippen LogP contribution in [-0.2, 0) is 0 Å². The van der Waals surface area contributed by atoms with E-state index in [4.69, 9.17) is 10.5 Å². The van der Waals surface area contributed by atoms with Crippen molar-refractivity contribution in [1.29, 1.82) is 0 Å². The largest absolute Gasteiger partial charge is 0.492 e. The summed E-state index contributed by atoms with van der Waals surface area (Å²) in [6.45, 7) is 3.66. The van der Waals surface area contributed by atoms with E-state index in [-0.39, 0.29) is 0 Å². The van der Waals surface area contributed by atoms with Crippen LogP contribution in [0.2, 0.25) is 0 Å². The second-order valence-corrected chi connectivity index (χ2v) is 5.38. The molecule has 1 aliphatic rings. The van der Waals surface area contributed by atoms with E-state index in [0.29, 0.717) is 12.6 Å². The van der Waals surface area contributed by atoms with E-state index in [1.54, 1.807) is 0 Å². The first kappa shape index (κ1) is 13.8. The molecule has 1 heterocycles. The summed E-state index contributed by atoms with van der Waals surface area (Å²) in [5.41, 5.74) is 9.52. The van der Waals surface area contributed by atoms with Gasteiger partial charge in [0.1, 0.15) is 5.75 Å². The third-order valence-electron chi connectivity index (χ3n) is 4.09. The minimum Gasteiger partial charge on any atom is -0.492 e. The number of benzene rings is 2. The minimum atomic E-state index is 0.408. The van der Waals surface area contributed by atoms with Crippen LogP contribution in [0.5, 0.6) is 5.75 Å². The monoisotopic (exact) mass is 282 g/mol. The van der Waals surface area contributed by atoms with Gasteiger partial charge in [0, 0.05) is 6.54 Å². The predicted octanol–water partition coefficient (Wildman–Crippen LogP) is 4.01. The lowest BCUT2D eigenvalue weighted by Gasteiger charge is -2.29. The molecule has 1 aliphatic heterocycles. The number of anilines is 2. The molecule has 110 valence electrons. The van der Waals surface area contributed by atoms with Crippen molar-refractivity contribution in [1.82, 2.24) is 0 Å². The molecule has 2 aromatic rings. The molecular weight excluding hydrogens is 260 g/mol. The molecule has 3 heteroatoms. The molecule has 0 spiro atoms. The summed E-state index contributed by atoms with van der Waals surface area (Å²) in [4.78, 5) is 2.41. The first-order valence-electron chi connectivity index (χ1n) is 7.64.